The minimum atomic E-state index is -3.85. The van der Waals surface area contributed by atoms with Gasteiger partial charge in [0.2, 0.25) is 5.91 Å². The summed E-state index contributed by atoms with van der Waals surface area (Å²) in [6, 6.07) is 1.27. The summed E-state index contributed by atoms with van der Waals surface area (Å²) in [5, 5.41) is 4.23. The van der Waals surface area contributed by atoms with Crippen molar-refractivity contribution in [1.29, 1.82) is 0 Å². The Balaban J connectivity index is 2.18. The normalized spacial score (nSPS) is 11.4. The first-order valence-electron chi connectivity index (χ1n) is 5.44. The molecule has 1 amide bonds. The third-order valence-electron chi connectivity index (χ3n) is 2.31. The van der Waals surface area contributed by atoms with E-state index >= 15 is 0 Å². The zero-order chi connectivity index (χ0) is 15.6. The molecular formula is C10H9Cl2N3O3S3. The fourth-order valence-electron chi connectivity index (χ4n) is 1.37. The van der Waals surface area contributed by atoms with Crippen LogP contribution in [0.5, 0.6) is 0 Å². The van der Waals surface area contributed by atoms with Crippen molar-refractivity contribution in [3.05, 3.63) is 25.8 Å². The lowest BCUT2D eigenvalue weighted by Crippen LogP contribution is -2.20. The lowest BCUT2D eigenvalue weighted by atomic mass is 10.3. The van der Waals surface area contributed by atoms with E-state index in [1.807, 2.05) is 0 Å². The van der Waals surface area contributed by atoms with Crippen molar-refractivity contribution in [2.75, 3.05) is 11.8 Å². The van der Waals surface area contributed by atoms with Crippen LogP contribution in [0.4, 0.5) is 5.13 Å². The third kappa shape index (κ3) is 4.07. The molecule has 0 unspecified atom stereocenters. The second-order valence-corrected chi connectivity index (χ2v) is 8.58. The Labute approximate surface area is 139 Å². The van der Waals surface area contributed by atoms with Gasteiger partial charge in [0.25, 0.3) is 10.0 Å². The maximum absolute atomic E-state index is 12.2. The van der Waals surface area contributed by atoms with Gasteiger partial charge in [0.1, 0.15) is 9.23 Å². The van der Waals surface area contributed by atoms with E-state index in [9.17, 15) is 13.2 Å². The van der Waals surface area contributed by atoms with Crippen molar-refractivity contribution < 1.29 is 13.2 Å². The molecule has 114 valence electrons. The standard InChI is InChI=1S/C10H9Cl2N3O3S3/c1-13-8(16)2-5-4-19-10(14-5)15-21(17,18)6-3-7(11)20-9(6)12/h3-4H,2H2,1H3,(H,13,16)(H,14,15). The van der Waals surface area contributed by atoms with Crippen LogP contribution in [0.1, 0.15) is 5.69 Å². The summed E-state index contributed by atoms with van der Waals surface area (Å²) in [6.45, 7) is 0. The number of rotatable bonds is 5. The Morgan fingerprint density at radius 2 is 2.14 bits per heavy atom. The molecule has 0 bridgehead atoms. The molecule has 0 fully saturated rings. The van der Waals surface area contributed by atoms with Crippen LogP contribution in [0, 0.1) is 0 Å². The van der Waals surface area contributed by atoms with Gasteiger partial charge in [0, 0.05) is 12.4 Å². The number of aromatic nitrogens is 1. The molecule has 0 atom stereocenters. The predicted octanol–water partition coefficient (Wildman–Crippen LogP) is 2.60. The Morgan fingerprint density at radius 3 is 2.71 bits per heavy atom. The fraction of sp³-hybridized carbons (Fsp3) is 0.200. The van der Waals surface area contributed by atoms with Crippen LogP contribution in [0.15, 0.2) is 16.3 Å². The first-order valence-corrected chi connectivity index (χ1v) is 9.38. The van der Waals surface area contributed by atoms with E-state index in [4.69, 9.17) is 23.2 Å². The molecule has 2 rings (SSSR count). The molecule has 2 aromatic heterocycles. The van der Waals surface area contributed by atoms with Gasteiger partial charge in [-0.05, 0) is 6.07 Å². The van der Waals surface area contributed by atoms with Crippen molar-refractivity contribution in [2.24, 2.45) is 0 Å². The zero-order valence-electron chi connectivity index (χ0n) is 10.5. The summed E-state index contributed by atoms with van der Waals surface area (Å²) in [5.74, 6) is -0.206. The molecule has 0 saturated carbocycles. The fourth-order valence-corrected chi connectivity index (χ4v) is 5.48. The average molecular weight is 386 g/mol. The number of anilines is 1. The van der Waals surface area contributed by atoms with Crippen LogP contribution >= 0.6 is 45.9 Å². The van der Waals surface area contributed by atoms with Crippen molar-refractivity contribution >= 4 is 66.9 Å². The largest absolute Gasteiger partial charge is 0.359 e. The minimum Gasteiger partial charge on any atom is -0.359 e. The molecular weight excluding hydrogens is 377 g/mol. The van der Waals surface area contributed by atoms with E-state index in [1.54, 1.807) is 5.38 Å². The van der Waals surface area contributed by atoms with Crippen molar-refractivity contribution in [3.8, 4) is 0 Å². The van der Waals surface area contributed by atoms with E-state index < -0.39 is 10.0 Å². The van der Waals surface area contributed by atoms with Gasteiger partial charge in [-0.2, -0.15) is 0 Å². The Hall–Kier alpha value is -0.870. The Bertz CT molecular complexity index is 770. The van der Waals surface area contributed by atoms with Gasteiger partial charge in [-0.3, -0.25) is 9.52 Å². The topological polar surface area (TPSA) is 88.2 Å². The number of nitrogens with zero attached hydrogens (tertiary/aromatic N) is 1. The van der Waals surface area contributed by atoms with Crippen molar-refractivity contribution in [3.63, 3.8) is 0 Å². The Morgan fingerprint density at radius 1 is 1.43 bits per heavy atom. The maximum Gasteiger partial charge on any atom is 0.266 e. The van der Waals surface area contributed by atoms with E-state index in [1.165, 1.54) is 13.1 Å². The van der Waals surface area contributed by atoms with Crippen LogP contribution in [-0.4, -0.2) is 26.4 Å². The SMILES string of the molecule is CNC(=O)Cc1csc(NS(=O)(=O)c2cc(Cl)sc2Cl)n1. The number of halogens is 2. The van der Waals surface area contributed by atoms with Crippen LogP contribution in [0.25, 0.3) is 0 Å². The summed E-state index contributed by atoms with van der Waals surface area (Å²) < 4.78 is 27.0. The molecule has 21 heavy (non-hydrogen) atoms. The predicted molar refractivity (Wildman–Crippen MR) is 85.0 cm³/mol. The summed E-state index contributed by atoms with van der Waals surface area (Å²) in [7, 11) is -2.34. The van der Waals surface area contributed by atoms with Crippen LogP contribution in [0.3, 0.4) is 0 Å². The van der Waals surface area contributed by atoms with Gasteiger partial charge in [0.05, 0.1) is 16.5 Å². The lowest BCUT2D eigenvalue weighted by molar-refractivity contribution is -0.120. The lowest BCUT2D eigenvalue weighted by Gasteiger charge is -2.03. The molecule has 0 aliphatic rings. The van der Waals surface area contributed by atoms with Gasteiger partial charge in [-0.25, -0.2) is 13.4 Å². The van der Waals surface area contributed by atoms with Crippen molar-refractivity contribution in [2.45, 2.75) is 11.3 Å². The number of thiazole rings is 1. The number of carbonyl (C=O) groups is 1. The molecule has 11 heteroatoms. The summed E-state index contributed by atoms with van der Waals surface area (Å²) >= 11 is 13.6. The average Bonchev–Trinajstić information content (AvgIpc) is 2.95. The monoisotopic (exact) mass is 385 g/mol. The number of amides is 1. The molecule has 0 aromatic carbocycles. The summed E-state index contributed by atoms with van der Waals surface area (Å²) in [4.78, 5) is 15.2. The Kier molecular flexibility index (Phi) is 5.10. The highest BCUT2D eigenvalue weighted by atomic mass is 35.5. The number of sulfonamides is 1. The van der Waals surface area contributed by atoms with E-state index in [0.717, 1.165) is 22.7 Å². The third-order valence-corrected chi connectivity index (χ3v) is 6.34. The van der Waals surface area contributed by atoms with E-state index in [-0.39, 0.29) is 31.0 Å². The first kappa shape index (κ1) is 16.5. The molecule has 0 aliphatic carbocycles. The number of thiophene rings is 1. The quantitative estimate of drug-likeness (QED) is 0.827. The highest BCUT2D eigenvalue weighted by Gasteiger charge is 2.22. The van der Waals surface area contributed by atoms with Gasteiger partial charge >= 0.3 is 0 Å². The maximum atomic E-state index is 12.2. The summed E-state index contributed by atoms with van der Waals surface area (Å²) in [6.07, 6.45) is 0.0831. The van der Waals surface area contributed by atoms with E-state index in [0.29, 0.717) is 5.69 Å². The van der Waals surface area contributed by atoms with Crippen LogP contribution in [0.2, 0.25) is 8.67 Å². The number of likely N-dealkylation sites (N-methyl/N-ethyl adjacent to an activating group) is 1. The molecule has 2 N–H and O–H groups in total. The molecule has 2 heterocycles. The van der Waals surface area contributed by atoms with Gasteiger partial charge in [0.15, 0.2) is 5.13 Å². The molecule has 0 aliphatic heterocycles. The molecule has 0 saturated heterocycles. The highest BCUT2D eigenvalue weighted by Crippen LogP contribution is 2.35. The number of hydrogen-bond donors (Lipinski definition) is 2. The van der Waals surface area contributed by atoms with Gasteiger partial charge in [-0.15, -0.1) is 22.7 Å². The molecule has 0 spiro atoms. The zero-order valence-corrected chi connectivity index (χ0v) is 14.5. The second-order valence-electron chi connectivity index (χ2n) is 3.79. The van der Waals surface area contributed by atoms with E-state index in [2.05, 4.69) is 15.0 Å². The van der Waals surface area contributed by atoms with Crippen molar-refractivity contribution in [1.82, 2.24) is 10.3 Å². The van der Waals surface area contributed by atoms with Gasteiger partial charge in [-0.1, -0.05) is 23.2 Å². The molecule has 6 nitrogen and oxygen atoms in total. The number of carbonyl (C=O) groups excluding carboxylic acids is 1. The number of nitrogens with one attached hydrogen (secondary N) is 2. The van der Waals surface area contributed by atoms with Gasteiger partial charge < -0.3 is 5.32 Å². The summed E-state index contributed by atoms with van der Waals surface area (Å²) in [5.41, 5.74) is 0.478. The molecule has 0 radical (unpaired) electrons. The smallest absolute Gasteiger partial charge is 0.266 e. The first-order chi connectivity index (χ1) is 9.81. The second kappa shape index (κ2) is 6.49. The van der Waals surface area contributed by atoms with Crippen LogP contribution in [-0.2, 0) is 21.2 Å². The number of hydrogen-bond acceptors (Lipinski definition) is 6. The highest BCUT2D eigenvalue weighted by molar-refractivity contribution is 7.93. The minimum absolute atomic E-state index is 0.0784. The van der Waals surface area contributed by atoms with Crippen LogP contribution < -0.4 is 10.0 Å². The molecule has 2 aromatic rings.